The topological polar surface area (TPSA) is 31.4 Å². The van der Waals surface area contributed by atoms with Crippen LogP contribution in [0.15, 0.2) is 48.5 Å². The second-order valence-corrected chi connectivity index (χ2v) is 7.02. The second-order valence-electron chi connectivity index (χ2n) is 7.02. The molecule has 1 heterocycles. The molecule has 1 aromatic heterocycles. The first kappa shape index (κ1) is 16.9. The number of rotatable bonds is 4. The molecule has 0 saturated heterocycles. The summed E-state index contributed by atoms with van der Waals surface area (Å²) >= 11 is 0. The number of nitrogens with zero attached hydrogens (tertiary/aromatic N) is 1. The monoisotopic (exact) mass is 347 g/mol. The predicted molar refractivity (Wildman–Crippen MR) is 106 cm³/mol. The average Bonchev–Trinajstić information content (AvgIpc) is 2.73. The van der Waals surface area contributed by atoms with Gasteiger partial charge in [0.15, 0.2) is 0 Å². The first-order chi connectivity index (χ1) is 12.8. The number of pyridine rings is 1. The average molecular weight is 347 g/mol. The lowest BCUT2D eigenvalue weighted by Crippen LogP contribution is -2.07. The van der Waals surface area contributed by atoms with Gasteiger partial charge in [0.2, 0.25) is 0 Å². The summed E-state index contributed by atoms with van der Waals surface area (Å²) in [6.45, 7) is 0. The molecule has 4 rings (SSSR count). The second kappa shape index (κ2) is 7.36. The van der Waals surface area contributed by atoms with Crippen LogP contribution in [-0.2, 0) is 0 Å². The lowest BCUT2D eigenvalue weighted by molar-refractivity contribution is 0.397. The standard InChI is InChI=1S/C23H25NO2/c1-25-18-13-21-23(22(14-18)26-2)19(16-9-5-3-6-10-16)15-20(24-21)17-11-7-4-8-12-17/h3,5-6,9-10,13-15,17H,4,7-8,11-12H2,1-2H3. The molecule has 0 spiro atoms. The van der Waals surface area contributed by atoms with Gasteiger partial charge in [-0.25, -0.2) is 0 Å². The van der Waals surface area contributed by atoms with E-state index in [4.69, 9.17) is 14.5 Å². The van der Waals surface area contributed by atoms with Gasteiger partial charge in [-0.05, 0) is 30.0 Å². The van der Waals surface area contributed by atoms with Crippen LogP contribution in [0.2, 0.25) is 0 Å². The van der Waals surface area contributed by atoms with Crippen molar-refractivity contribution in [2.24, 2.45) is 0 Å². The first-order valence-corrected chi connectivity index (χ1v) is 9.42. The summed E-state index contributed by atoms with van der Waals surface area (Å²) < 4.78 is 11.2. The summed E-state index contributed by atoms with van der Waals surface area (Å²) in [7, 11) is 3.39. The van der Waals surface area contributed by atoms with Gasteiger partial charge in [-0.1, -0.05) is 49.6 Å². The lowest BCUT2D eigenvalue weighted by Gasteiger charge is -2.23. The lowest BCUT2D eigenvalue weighted by atomic mass is 9.85. The maximum Gasteiger partial charge on any atom is 0.132 e. The molecule has 1 aliphatic rings. The van der Waals surface area contributed by atoms with Crippen LogP contribution in [0.25, 0.3) is 22.0 Å². The van der Waals surface area contributed by atoms with Gasteiger partial charge >= 0.3 is 0 Å². The van der Waals surface area contributed by atoms with Crippen LogP contribution in [-0.4, -0.2) is 19.2 Å². The van der Waals surface area contributed by atoms with E-state index in [1.165, 1.54) is 48.9 Å². The molecule has 0 radical (unpaired) electrons. The van der Waals surface area contributed by atoms with Crippen molar-refractivity contribution in [2.75, 3.05) is 14.2 Å². The molecule has 1 fully saturated rings. The Morgan fingerprint density at radius 2 is 1.65 bits per heavy atom. The molecule has 1 aliphatic carbocycles. The van der Waals surface area contributed by atoms with E-state index in [0.717, 1.165) is 22.4 Å². The van der Waals surface area contributed by atoms with Gasteiger partial charge in [-0.15, -0.1) is 0 Å². The zero-order valence-corrected chi connectivity index (χ0v) is 15.5. The van der Waals surface area contributed by atoms with Gasteiger partial charge < -0.3 is 9.47 Å². The number of methoxy groups -OCH3 is 2. The van der Waals surface area contributed by atoms with Gasteiger partial charge in [0.25, 0.3) is 0 Å². The highest BCUT2D eigenvalue weighted by atomic mass is 16.5. The Morgan fingerprint density at radius 3 is 2.35 bits per heavy atom. The molecule has 26 heavy (non-hydrogen) atoms. The van der Waals surface area contributed by atoms with E-state index in [1.54, 1.807) is 14.2 Å². The van der Waals surface area contributed by atoms with Crippen LogP contribution in [0.1, 0.15) is 43.7 Å². The molecule has 0 N–H and O–H groups in total. The molecule has 1 saturated carbocycles. The van der Waals surface area contributed by atoms with Gasteiger partial charge in [0.1, 0.15) is 11.5 Å². The summed E-state index contributed by atoms with van der Waals surface area (Å²) in [5.74, 6) is 2.13. The predicted octanol–water partition coefficient (Wildman–Crippen LogP) is 5.97. The Kier molecular flexibility index (Phi) is 4.79. The molecule has 3 heteroatoms. The zero-order valence-electron chi connectivity index (χ0n) is 15.5. The smallest absolute Gasteiger partial charge is 0.132 e. The largest absolute Gasteiger partial charge is 0.497 e. The van der Waals surface area contributed by atoms with Gasteiger partial charge in [0, 0.05) is 23.7 Å². The van der Waals surface area contributed by atoms with Gasteiger partial charge in [-0.2, -0.15) is 0 Å². The van der Waals surface area contributed by atoms with E-state index in [1.807, 2.05) is 12.1 Å². The van der Waals surface area contributed by atoms with Gasteiger partial charge in [0.05, 0.1) is 25.1 Å². The maximum absolute atomic E-state index is 5.70. The van der Waals surface area contributed by atoms with Crippen molar-refractivity contribution in [2.45, 2.75) is 38.0 Å². The fourth-order valence-electron chi connectivity index (χ4n) is 4.06. The zero-order chi connectivity index (χ0) is 17.9. The number of aromatic nitrogens is 1. The number of hydrogen-bond acceptors (Lipinski definition) is 3. The summed E-state index contributed by atoms with van der Waals surface area (Å²) in [4.78, 5) is 5.04. The minimum atomic E-state index is 0.549. The molecule has 0 amide bonds. The van der Waals surface area contributed by atoms with E-state index in [0.29, 0.717) is 5.92 Å². The highest BCUT2D eigenvalue weighted by Crippen LogP contribution is 2.41. The van der Waals surface area contributed by atoms with Crippen LogP contribution >= 0.6 is 0 Å². The Hall–Kier alpha value is -2.55. The molecule has 0 atom stereocenters. The first-order valence-electron chi connectivity index (χ1n) is 9.42. The van der Waals surface area contributed by atoms with Gasteiger partial charge in [-0.3, -0.25) is 4.98 Å². The third-order valence-corrected chi connectivity index (χ3v) is 5.43. The quantitative estimate of drug-likeness (QED) is 0.583. The van der Waals surface area contributed by atoms with Crippen molar-refractivity contribution in [3.05, 3.63) is 54.2 Å². The highest BCUT2D eigenvalue weighted by molar-refractivity contribution is 6.00. The van der Waals surface area contributed by atoms with E-state index in [2.05, 4.69) is 36.4 Å². The Morgan fingerprint density at radius 1 is 0.885 bits per heavy atom. The fraction of sp³-hybridized carbons (Fsp3) is 0.348. The van der Waals surface area contributed by atoms with E-state index in [9.17, 15) is 0 Å². The molecule has 3 nitrogen and oxygen atoms in total. The highest BCUT2D eigenvalue weighted by Gasteiger charge is 2.21. The number of hydrogen-bond donors (Lipinski definition) is 0. The van der Waals surface area contributed by atoms with Crippen LogP contribution in [0, 0.1) is 0 Å². The molecular formula is C23H25NO2. The molecule has 3 aromatic rings. The summed E-state index contributed by atoms with van der Waals surface area (Å²) in [6, 6.07) is 16.8. The van der Waals surface area contributed by atoms with Crippen molar-refractivity contribution in [1.82, 2.24) is 4.98 Å². The SMILES string of the molecule is COc1cc(OC)c2c(-c3ccccc3)cc(C3CCCCC3)nc2c1. The summed E-state index contributed by atoms with van der Waals surface area (Å²) in [5, 5.41) is 1.05. The Labute approximate surface area is 155 Å². The minimum absolute atomic E-state index is 0.549. The summed E-state index contributed by atoms with van der Waals surface area (Å²) in [6.07, 6.45) is 6.40. The molecule has 0 aliphatic heterocycles. The molecule has 134 valence electrons. The third-order valence-electron chi connectivity index (χ3n) is 5.43. The van der Waals surface area contributed by atoms with E-state index >= 15 is 0 Å². The minimum Gasteiger partial charge on any atom is -0.497 e. The van der Waals surface area contributed by atoms with Crippen molar-refractivity contribution in [1.29, 1.82) is 0 Å². The van der Waals surface area contributed by atoms with E-state index in [-0.39, 0.29) is 0 Å². The van der Waals surface area contributed by atoms with Crippen LogP contribution in [0.4, 0.5) is 0 Å². The van der Waals surface area contributed by atoms with Crippen molar-refractivity contribution in [3.63, 3.8) is 0 Å². The third kappa shape index (κ3) is 3.14. The van der Waals surface area contributed by atoms with Crippen molar-refractivity contribution in [3.8, 4) is 22.6 Å². The molecule has 0 unspecified atom stereocenters. The fourth-order valence-corrected chi connectivity index (χ4v) is 4.06. The summed E-state index contributed by atoms with van der Waals surface area (Å²) in [5.41, 5.74) is 4.53. The maximum atomic E-state index is 5.70. The van der Waals surface area contributed by atoms with Crippen molar-refractivity contribution >= 4 is 10.9 Å². The van der Waals surface area contributed by atoms with E-state index < -0.39 is 0 Å². The number of ether oxygens (including phenoxy) is 2. The molecule has 2 aromatic carbocycles. The van der Waals surface area contributed by atoms with Crippen LogP contribution in [0.5, 0.6) is 11.5 Å². The van der Waals surface area contributed by atoms with Crippen molar-refractivity contribution < 1.29 is 9.47 Å². The molecular weight excluding hydrogens is 322 g/mol. The number of benzene rings is 2. The Balaban J connectivity index is 1.98. The number of fused-ring (bicyclic) bond motifs is 1. The normalized spacial score (nSPS) is 15.2. The van der Waals surface area contributed by atoms with Crippen LogP contribution < -0.4 is 9.47 Å². The molecule has 0 bridgehead atoms. The van der Waals surface area contributed by atoms with Crippen LogP contribution in [0.3, 0.4) is 0 Å². The Bertz CT molecular complexity index is 899.